The SMILES string of the molecule is Cc1cc(N2CCC(c3n[nH]c(C)n3)CC2)nc(-c2cccc([N+](=O)[O-])c2)n1. The van der Waals surface area contributed by atoms with E-state index >= 15 is 0 Å². The third kappa shape index (κ3) is 3.68. The Kier molecular flexibility index (Phi) is 4.72. The summed E-state index contributed by atoms with van der Waals surface area (Å²) in [5, 5.41) is 18.3. The van der Waals surface area contributed by atoms with Gasteiger partial charge in [0.25, 0.3) is 5.69 Å². The molecule has 1 N–H and O–H groups in total. The summed E-state index contributed by atoms with van der Waals surface area (Å²) in [6.45, 7) is 5.52. The minimum atomic E-state index is -0.407. The van der Waals surface area contributed by atoms with E-state index in [0.29, 0.717) is 17.3 Å². The average Bonchev–Trinajstić information content (AvgIpc) is 3.14. The first-order valence-corrected chi connectivity index (χ1v) is 9.24. The van der Waals surface area contributed by atoms with Gasteiger partial charge < -0.3 is 4.90 Å². The van der Waals surface area contributed by atoms with Gasteiger partial charge in [0.15, 0.2) is 11.6 Å². The number of hydrogen-bond acceptors (Lipinski definition) is 7. The molecule has 1 aliphatic rings. The molecule has 1 fully saturated rings. The van der Waals surface area contributed by atoms with E-state index in [1.54, 1.807) is 12.1 Å². The zero-order chi connectivity index (χ0) is 19.7. The predicted molar refractivity (Wildman–Crippen MR) is 104 cm³/mol. The van der Waals surface area contributed by atoms with Crippen molar-refractivity contribution in [1.82, 2.24) is 25.1 Å². The van der Waals surface area contributed by atoms with Gasteiger partial charge in [0.05, 0.1) is 4.92 Å². The molecule has 3 heterocycles. The minimum Gasteiger partial charge on any atom is -0.356 e. The lowest BCUT2D eigenvalue weighted by Crippen LogP contribution is -2.34. The van der Waals surface area contributed by atoms with Crippen LogP contribution in [0, 0.1) is 24.0 Å². The van der Waals surface area contributed by atoms with E-state index < -0.39 is 4.92 Å². The summed E-state index contributed by atoms with van der Waals surface area (Å²) in [6.07, 6.45) is 1.90. The number of nitrogens with one attached hydrogen (secondary N) is 1. The number of aryl methyl sites for hydroxylation is 2. The maximum absolute atomic E-state index is 11.1. The molecule has 0 aliphatic carbocycles. The lowest BCUT2D eigenvalue weighted by atomic mass is 9.96. The standard InChI is InChI=1S/C19H21N7O2/c1-12-10-17(22-18(20-12)15-4-3-5-16(11-15)26(27)28)25-8-6-14(7-9-25)19-21-13(2)23-24-19/h3-5,10-11,14H,6-9H2,1-2H3,(H,21,23,24). The Morgan fingerprint density at radius 1 is 1.14 bits per heavy atom. The number of benzene rings is 1. The van der Waals surface area contributed by atoms with E-state index in [0.717, 1.165) is 49.1 Å². The highest BCUT2D eigenvalue weighted by molar-refractivity contribution is 5.61. The summed E-state index contributed by atoms with van der Waals surface area (Å²) in [5.41, 5.74) is 1.51. The Balaban J connectivity index is 1.55. The van der Waals surface area contributed by atoms with Crippen LogP contribution in [0.15, 0.2) is 30.3 Å². The smallest absolute Gasteiger partial charge is 0.270 e. The summed E-state index contributed by atoms with van der Waals surface area (Å²) >= 11 is 0. The van der Waals surface area contributed by atoms with E-state index in [2.05, 4.69) is 30.0 Å². The number of piperidine rings is 1. The minimum absolute atomic E-state index is 0.0340. The molecule has 0 radical (unpaired) electrons. The Morgan fingerprint density at radius 3 is 2.61 bits per heavy atom. The monoisotopic (exact) mass is 379 g/mol. The van der Waals surface area contributed by atoms with Crippen LogP contribution in [-0.4, -0.2) is 43.2 Å². The number of aromatic amines is 1. The first kappa shape index (κ1) is 18.0. The lowest BCUT2D eigenvalue weighted by molar-refractivity contribution is -0.384. The molecule has 4 rings (SSSR count). The number of anilines is 1. The van der Waals surface area contributed by atoms with Gasteiger partial charge in [-0.05, 0) is 26.7 Å². The van der Waals surface area contributed by atoms with Crippen molar-refractivity contribution in [1.29, 1.82) is 0 Å². The molecule has 28 heavy (non-hydrogen) atoms. The van der Waals surface area contributed by atoms with Crippen LogP contribution in [0.2, 0.25) is 0 Å². The van der Waals surface area contributed by atoms with Crippen molar-refractivity contribution in [2.45, 2.75) is 32.6 Å². The second kappa shape index (κ2) is 7.34. The number of nitro groups is 1. The number of aromatic nitrogens is 5. The van der Waals surface area contributed by atoms with Crippen molar-refractivity contribution >= 4 is 11.5 Å². The molecular formula is C19H21N7O2. The topological polar surface area (TPSA) is 114 Å². The maximum atomic E-state index is 11.1. The number of H-pyrrole nitrogens is 1. The summed E-state index contributed by atoms with van der Waals surface area (Å²) < 4.78 is 0. The number of nitrogens with zero attached hydrogens (tertiary/aromatic N) is 6. The van der Waals surface area contributed by atoms with Crippen LogP contribution in [0.1, 0.15) is 36.1 Å². The predicted octanol–water partition coefficient (Wildman–Crippen LogP) is 3.17. The molecule has 1 aliphatic heterocycles. The molecule has 0 unspecified atom stereocenters. The van der Waals surface area contributed by atoms with E-state index in [-0.39, 0.29) is 5.69 Å². The number of hydrogen-bond donors (Lipinski definition) is 1. The molecule has 0 saturated carbocycles. The van der Waals surface area contributed by atoms with Crippen LogP contribution in [0.3, 0.4) is 0 Å². The maximum Gasteiger partial charge on any atom is 0.270 e. The second-order valence-corrected chi connectivity index (χ2v) is 7.04. The van der Waals surface area contributed by atoms with Crippen LogP contribution < -0.4 is 4.90 Å². The molecule has 2 aromatic heterocycles. The van der Waals surface area contributed by atoms with E-state index in [4.69, 9.17) is 0 Å². The van der Waals surface area contributed by atoms with E-state index in [1.165, 1.54) is 12.1 Å². The fourth-order valence-electron chi connectivity index (χ4n) is 3.51. The van der Waals surface area contributed by atoms with Gasteiger partial charge in [-0.1, -0.05) is 12.1 Å². The highest BCUT2D eigenvalue weighted by atomic mass is 16.6. The number of non-ortho nitro benzene ring substituents is 1. The molecule has 3 aromatic rings. The van der Waals surface area contributed by atoms with Crippen molar-refractivity contribution in [3.8, 4) is 11.4 Å². The fourth-order valence-corrected chi connectivity index (χ4v) is 3.51. The van der Waals surface area contributed by atoms with Gasteiger partial charge in [0.2, 0.25) is 0 Å². The molecule has 0 bridgehead atoms. The summed E-state index contributed by atoms with van der Waals surface area (Å²) in [4.78, 5) is 26.5. The molecule has 144 valence electrons. The molecular weight excluding hydrogens is 358 g/mol. The lowest BCUT2D eigenvalue weighted by Gasteiger charge is -2.31. The number of nitro benzene ring substituents is 1. The van der Waals surface area contributed by atoms with Gasteiger partial charge in [-0.25, -0.2) is 15.0 Å². The summed E-state index contributed by atoms with van der Waals surface area (Å²) in [6, 6.07) is 8.39. The van der Waals surface area contributed by atoms with Gasteiger partial charge in [-0.2, -0.15) is 5.10 Å². The average molecular weight is 379 g/mol. The highest BCUT2D eigenvalue weighted by Gasteiger charge is 2.25. The van der Waals surface area contributed by atoms with Gasteiger partial charge >= 0.3 is 0 Å². The van der Waals surface area contributed by atoms with Crippen LogP contribution in [0.25, 0.3) is 11.4 Å². The van der Waals surface area contributed by atoms with Gasteiger partial charge in [0.1, 0.15) is 11.6 Å². The van der Waals surface area contributed by atoms with E-state index in [1.807, 2.05) is 19.9 Å². The van der Waals surface area contributed by atoms with Crippen molar-refractivity contribution in [2.75, 3.05) is 18.0 Å². The van der Waals surface area contributed by atoms with Crippen LogP contribution in [0.4, 0.5) is 11.5 Å². The molecule has 1 aromatic carbocycles. The van der Waals surface area contributed by atoms with Crippen molar-refractivity contribution in [2.24, 2.45) is 0 Å². The van der Waals surface area contributed by atoms with Crippen molar-refractivity contribution < 1.29 is 4.92 Å². The van der Waals surface area contributed by atoms with Gasteiger partial charge in [-0.15, -0.1) is 0 Å². The molecule has 0 amide bonds. The fraction of sp³-hybridized carbons (Fsp3) is 0.368. The third-order valence-corrected chi connectivity index (χ3v) is 4.95. The molecule has 1 saturated heterocycles. The van der Waals surface area contributed by atoms with Crippen LogP contribution in [0.5, 0.6) is 0 Å². The van der Waals surface area contributed by atoms with E-state index in [9.17, 15) is 10.1 Å². The van der Waals surface area contributed by atoms with Crippen LogP contribution >= 0.6 is 0 Å². The largest absolute Gasteiger partial charge is 0.356 e. The zero-order valence-corrected chi connectivity index (χ0v) is 15.8. The first-order valence-electron chi connectivity index (χ1n) is 9.24. The normalized spacial score (nSPS) is 15.0. The number of rotatable bonds is 4. The van der Waals surface area contributed by atoms with Gasteiger partial charge in [-0.3, -0.25) is 15.2 Å². The Labute approximate surface area is 162 Å². The quantitative estimate of drug-likeness (QED) is 0.547. The molecule has 0 atom stereocenters. The Hall–Kier alpha value is -3.36. The Morgan fingerprint density at radius 2 is 1.93 bits per heavy atom. The van der Waals surface area contributed by atoms with Crippen LogP contribution in [-0.2, 0) is 0 Å². The highest BCUT2D eigenvalue weighted by Crippen LogP contribution is 2.29. The summed E-state index contributed by atoms with van der Waals surface area (Å²) in [7, 11) is 0. The summed E-state index contributed by atoms with van der Waals surface area (Å²) in [5.74, 6) is 3.42. The Bertz CT molecular complexity index is 1010. The zero-order valence-electron chi connectivity index (χ0n) is 15.8. The second-order valence-electron chi connectivity index (χ2n) is 7.04. The van der Waals surface area contributed by atoms with Crippen molar-refractivity contribution in [3.63, 3.8) is 0 Å². The first-order chi connectivity index (χ1) is 13.5. The third-order valence-electron chi connectivity index (χ3n) is 4.95. The molecule has 9 heteroatoms. The van der Waals surface area contributed by atoms with Crippen molar-refractivity contribution in [3.05, 3.63) is 57.8 Å². The molecule has 9 nitrogen and oxygen atoms in total. The van der Waals surface area contributed by atoms with Gasteiger partial charge in [0, 0.05) is 48.5 Å². The molecule has 0 spiro atoms.